The Balaban J connectivity index is 1.10. The highest BCUT2D eigenvalue weighted by atomic mass is 19.1. The van der Waals surface area contributed by atoms with E-state index in [1.54, 1.807) is 17.0 Å². The number of benzene rings is 2. The third-order valence-electron chi connectivity index (χ3n) is 11.3. The maximum Gasteiger partial charge on any atom is 0.410 e. The van der Waals surface area contributed by atoms with Gasteiger partial charge in [0.2, 0.25) is 11.8 Å². The number of ether oxygens (including phenoxy) is 2. The Labute approximate surface area is 353 Å². The van der Waals surface area contributed by atoms with Gasteiger partial charge in [0.05, 0.1) is 17.3 Å². The van der Waals surface area contributed by atoms with E-state index in [4.69, 9.17) is 14.5 Å². The van der Waals surface area contributed by atoms with Crippen molar-refractivity contribution >= 4 is 34.6 Å². The fraction of sp³-hybridized carbons (Fsp3) is 0.543. The first-order valence-corrected chi connectivity index (χ1v) is 21.6. The van der Waals surface area contributed by atoms with E-state index >= 15 is 4.39 Å². The molecule has 4 aromatic rings. The van der Waals surface area contributed by atoms with Crippen molar-refractivity contribution in [1.29, 1.82) is 0 Å². The smallest absolute Gasteiger partial charge is 0.410 e. The zero-order valence-electron chi connectivity index (χ0n) is 36.4. The van der Waals surface area contributed by atoms with Crippen LogP contribution in [0.2, 0.25) is 0 Å². The van der Waals surface area contributed by atoms with E-state index in [0.717, 1.165) is 57.5 Å². The predicted octanol–water partition coefficient (Wildman–Crippen LogP) is 7.20. The summed E-state index contributed by atoms with van der Waals surface area (Å²) in [4.78, 5) is 49.3. The second-order valence-corrected chi connectivity index (χ2v) is 17.0. The van der Waals surface area contributed by atoms with E-state index in [0.29, 0.717) is 70.8 Å². The van der Waals surface area contributed by atoms with Crippen molar-refractivity contribution in [2.75, 3.05) is 38.2 Å². The van der Waals surface area contributed by atoms with Crippen LogP contribution in [0.3, 0.4) is 0 Å². The number of amides is 3. The second-order valence-electron chi connectivity index (χ2n) is 17.0. The highest BCUT2D eigenvalue weighted by Crippen LogP contribution is 2.32. The molecule has 0 aliphatic carbocycles. The van der Waals surface area contributed by atoms with Crippen molar-refractivity contribution in [1.82, 2.24) is 35.2 Å². The lowest BCUT2D eigenvalue weighted by molar-refractivity contribution is -0.135. The molecule has 0 spiro atoms. The summed E-state index contributed by atoms with van der Waals surface area (Å²) in [6.45, 7) is 18.7. The molecule has 2 aliphatic heterocycles. The maximum absolute atomic E-state index is 15.4. The number of nitrogens with zero attached hydrogens (tertiary/aromatic N) is 5. The van der Waals surface area contributed by atoms with Gasteiger partial charge in [-0.25, -0.2) is 18.9 Å². The first-order chi connectivity index (χ1) is 28.8. The number of rotatable bonds is 15. The molecule has 2 saturated heterocycles. The van der Waals surface area contributed by atoms with Gasteiger partial charge in [-0.15, -0.1) is 0 Å². The number of pyridine rings is 1. The molecular formula is C46H63FN8O5. The minimum atomic E-state index is -0.906. The van der Waals surface area contributed by atoms with Crippen LogP contribution >= 0.6 is 0 Å². The number of fused-ring (bicyclic) bond motifs is 1. The van der Waals surface area contributed by atoms with E-state index < -0.39 is 11.5 Å². The molecular weight excluding hydrogens is 764 g/mol. The molecule has 2 fully saturated rings. The average molecular weight is 827 g/mol. The number of aryl methyl sites for hydroxylation is 2. The van der Waals surface area contributed by atoms with Gasteiger partial charge in [0.25, 0.3) is 0 Å². The molecule has 0 saturated carbocycles. The van der Waals surface area contributed by atoms with Gasteiger partial charge in [-0.1, -0.05) is 44.5 Å². The molecule has 324 valence electrons. The lowest BCUT2D eigenvalue weighted by Gasteiger charge is -2.40. The number of piperazine rings is 1. The van der Waals surface area contributed by atoms with Gasteiger partial charge in [-0.2, -0.15) is 5.10 Å². The number of anilines is 1. The van der Waals surface area contributed by atoms with Crippen molar-refractivity contribution < 1.29 is 28.2 Å². The van der Waals surface area contributed by atoms with Crippen molar-refractivity contribution in [2.24, 2.45) is 5.92 Å². The Kier molecular flexibility index (Phi) is 14.8. The molecule has 0 bridgehead atoms. The van der Waals surface area contributed by atoms with Crippen LogP contribution in [0.15, 0.2) is 48.7 Å². The first-order valence-electron chi connectivity index (χ1n) is 21.6. The third kappa shape index (κ3) is 11.0. The van der Waals surface area contributed by atoms with Crippen molar-refractivity contribution in [3.05, 3.63) is 76.9 Å². The molecule has 2 aromatic heterocycles. The van der Waals surface area contributed by atoms with Gasteiger partial charge >= 0.3 is 6.09 Å². The Morgan fingerprint density at radius 3 is 2.42 bits per heavy atom. The van der Waals surface area contributed by atoms with Crippen LogP contribution in [0.25, 0.3) is 22.2 Å². The summed E-state index contributed by atoms with van der Waals surface area (Å²) in [5.41, 5.74) is 5.85. The minimum Gasteiger partial charge on any atom is -0.444 e. The number of nitrogens with one attached hydrogen (secondary N) is 3. The summed E-state index contributed by atoms with van der Waals surface area (Å²) in [7, 11) is 0. The first kappa shape index (κ1) is 44.5. The molecule has 2 aliphatic rings. The molecule has 3 N–H and O–H groups in total. The lowest BCUT2D eigenvalue weighted by Crippen LogP contribution is -2.54. The molecule has 2 atom stereocenters. The lowest BCUT2D eigenvalue weighted by atomic mass is 9.99. The van der Waals surface area contributed by atoms with Crippen LogP contribution in [0.1, 0.15) is 96.5 Å². The summed E-state index contributed by atoms with van der Waals surface area (Å²) in [6, 6.07) is 12.9. The normalized spacial score (nSPS) is 17.1. The molecule has 1 unspecified atom stereocenters. The van der Waals surface area contributed by atoms with Gasteiger partial charge in [-0.05, 0) is 95.2 Å². The summed E-state index contributed by atoms with van der Waals surface area (Å²) >= 11 is 0. The van der Waals surface area contributed by atoms with E-state index in [1.165, 1.54) is 6.07 Å². The van der Waals surface area contributed by atoms with E-state index in [1.807, 2.05) is 76.7 Å². The summed E-state index contributed by atoms with van der Waals surface area (Å²) in [6.07, 6.45) is 4.96. The molecule has 4 heterocycles. The predicted molar refractivity (Wildman–Crippen MR) is 232 cm³/mol. The number of carbonyl (C=O) groups excluding carboxylic acids is 3. The largest absolute Gasteiger partial charge is 0.444 e. The van der Waals surface area contributed by atoms with Crippen LogP contribution in [-0.4, -0.2) is 93.0 Å². The van der Waals surface area contributed by atoms with Crippen LogP contribution in [-0.2, 0) is 51.7 Å². The monoisotopic (exact) mass is 826 g/mol. The van der Waals surface area contributed by atoms with Gasteiger partial charge < -0.3 is 30.3 Å². The summed E-state index contributed by atoms with van der Waals surface area (Å²) < 4.78 is 28.5. The van der Waals surface area contributed by atoms with Gasteiger partial charge in [0.1, 0.15) is 17.3 Å². The van der Waals surface area contributed by atoms with Crippen molar-refractivity contribution in [2.45, 2.75) is 124 Å². The summed E-state index contributed by atoms with van der Waals surface area (Å²) in [5.74, 6) is -2.00. The minimum absolute atomic E-state index is 0.0140. The number of hydrogen-bond donors (Lipinski definition) is 3. The van der Waals surface area contributed by atoms with E-state index in [9.17, 15) is 14.4 Å². The van der Waals surface area contributed by atoms with Gasteiger partial charge in [0.15, 0.2) is 5.65 Å². The van der Waals surface area contributed by atoms with Gasteiger partial charge in [0, 0.05) is 87.9 Å². The van der Waals surface area contributed by atoms with Crippen LogP contribution in [0.5, 0.6) is 0 Å². The van der Waals surface area contributed by atoms with E-state index in [-0.39, 0.29) is 48.9 Å². The number of halogens is 1. The van der Waals surface area contributed by atoms with Gasteiger partial charge in [-0.3, -0.25) is 14.5 Å². The fourth-order valence-electron chi connectivity index (χ4n) is 8.15. The second kappa shape index (κ2) is 20.0. The molecule has 13 nitrogen and oxygen atoms in total. The molecule has 14 heteroatoms. The maximum atomic E-state index is 15.4. The van der Waals surface area contributed by atoms with E-state index in [2.05, 4.69) is 32.9 Å². The number of hydrogen-bond acceptors (Lipinski definition) is 9. The van der Waals surface area contributed by atoms with Crippen molar-refractivity contribution in [3.8, 4) is 11.1 Å². The fourth-order valence-corrected chi connectivity index (χ4v) is 8.15. The number of aromatic nitrogens is 3. The number of carbonyl (C=O) groups is 3. The Morgan fingerprint density at radius 1 is 0.983 bits per heavy atom. The average Bonchev–Trinajstić information content (AvgIpc) is 3.64. The Hall–Kier alpha value is -5.08. The SMILES string of the molecule is CCCC(C(=O)NCc1ccc(F)c(-c2cccc(CN3CCN(C(=O)OC(C)(C)C)[C@@H](C)C3)c2)c1)C(=O)NCc1c(CC)nc2c(cnn2CC)c1NC1CCOCC1. The molecule has 60 heavy (non-hydrogen) atoms. The van der Waals surface area contributed by atoms with Crippen LogP contribution in [0, 0.1) is 11.7 Å². The zero-order valence-corrected chi connectivity index (χ0v) is 36.4. The molecule has 3 amide bonds. The topological polar surface area (TPSA) is 143 Å². The van der Waals surface area contributed by atoms with Crippen molar-refractivity contribution in [3.63, 3.8) is 0 Å². The zero-order chi connectivity index (χ0) is 43.0. The Morgan fingerprint density at radius 2 is 1.73 bits per heavy atom. The quantitative estimate of drug-likeness (QED) is 0.106. The Bertz CT molecular complexity index is 2130. The standard InChI is InChI=1S/C46H63FN8O5/c1-8-12-35(44(57)49-26-37-40(9-2)52-42-38(27-50-55(42)10-3)41(37)51-34-17-21-59-22-18-34)43(56)48-25-31-15-16-39(47)36(24-31)33-14-11-13-32(23-33)29-53-19-20-54(30(4)28-53)45(58)60-46(5,6)7/h11,13-16,23-24,27,30,34-35H,8-10,12,17-22,25-26,28-29H2,1-7H3,(H,48,56)(H,49,57)(H,51,52)/t30-,35?/m0/s1. The highest BCUT2D eigenvalue weighted by molar-refractivity contribution is 6.00. The van der Waals surface area contributed by atoms with Crippen LogP contribution < -0.4 is 16.0 Å². The molecule has 6 rings (SSSR count). The molecule has 2 aromatic carbocycles. The third-order valence-corrected chi connectivity index (χ3v) is 11.3. The van der Waals surface area contributed by atoms with Crippen LogP contribution in [0.4, 0.5) is 14.9 Å². The summed E-state index contributed by atoms with van der Waals surface area (Å²) in [5, 5.41) is 15.3. The highest BCUT2D eigenvalue weighted by Gasteiger charge is 2.31. The molecule has 0 radical (unpaired) electrons.